The third kappa shape index (κ3) is 4.46. The van der Waals surface area contributed by atoms with Gasteiger partial charge in [0, 0.05) is 36.1 Å². The zero-order valence-electron chi connectivity index (χ0n) is 12.1. The van der Waals surface area contributed by atoms with Gasteiger partial charge in [0.05, 0.1) is 4.92 Å². The Morgan fingerprint density at radius 1 is 1.33 bits per heavy atom. The summed E-state index contributed by atoms with van der Waals surface area (Å²) in [5, 5.41) is 21.6. The van der Waals surface area contributed by atoms with E-state index in [1.165, 1.54) is 5.56 Å². The molecule has 2 N–H and O–H groups in total. The van der Waals surface area contributed by atoms with Gasteiger partial charge in [0.2, 0.25) is 0 Å². The Morgan fingerprint density at radius 3 is 2.71 bits per heavy atom. The zero-order chi connectivity index (χ0) is 15.2. The summed E-state index contributed by atoms with van der Waals surface area (Å²) in [5.41, 5.74) is 2.90. The topological polar surface area (TPSA) is 67.2 Å². The van der Waals surface area contributed by atoms with Crippen molar-refractivity contribution in [2.45, 2.75) is 26.3 Å². The zero-order valence-corrected chi connectivity index (χ0v) is 12.9. The van der Waals surface area contributed by atoms with Crippen LogP contribution in [0.15, 0.2) is 35.0 Å². The normalized spacial score (nSPS) is 11.9. The monoisotopic (exact) mass is 305 g/mol. The van der Waals surface area contributed by atoms with Crippen LogP contribution in [0.2, 0.25) is 0 Å². The van der Waals surface area contributed by atoms with Crippen molar-refractivity contribution in [2.24, 2.45) is 0 Å². The fourth-order valence-electron chi connectivity index (χ4n) is 2.20. The van der Waals surface area contributed by atoms with E-state index in [0.29, 0.717) is 0 Å². The predicted octanol–water partition coefficient (Wildman–Crippen LogP) is 4.13. The molecule has 1 aromatic carbocycles. The van der Waals surface area contributed by atoms with Crippen molar-refractivity contribution >= 4 is 28.4 Å². The summed E-state index contributed by atoms with van der Waals surface area (Å²) < 4.78 is 0. The molecule has 0 fully saturated rings. The van der Waals surface area contributed by atoms with Crippen LogP contribution in [0.1, 0.15) is 19.4 Å². The number of rotatable bonds is 7. The van der Waals surface area contributed by atoms with Crippen molar-refractivity contribution in [3.63, 3.8) is 0 Å². The van der Waals surface area contributed by atoms with Crippen LogP contribution in [0, 0.1) is 10.1 Å². The second-order valence-corrected chi connectivity index (χ2v) is 5.72. The van der Waals surface area contributed by atoms with Gasteiger partial charge in [-0.15, -0.1) is 0 Å². The number of nitro groups is 1. The van der Waals surface area contributed by atoms with E-state index in [1.807, 2.05) is 13.0 Å². The van der Waals surface area contributed by atoms with Crippen molar-refractivity contribution in [3.05, 3.63) is 50.7 Å². The number of anilines is 2. The summed E-state index contributed by atoms with van der Waals surface area (Å²) in [4.78, 5) is 10.6. The van der Waals surface area contributed by atoms with Crippen molar-refractivity contribution in [2.75, 3.05) is 17.2 Å². The first-order chi connectivity index (χ1) is 10.1. The highest BCUT2D eigenvalue weighted by Gasteiger charge is 2.11. The van der Waals surface area contributed by atoms with Crippen molar-refractivity contribution < 1.29 is 4.92 Å². The van der Waals surface area contributed by atoms with Crippen molar-refractivity contribution in [1.29, 1.82) is 0 Å². The molecule has 0 radical (unpaired) electrons. The maximum absolute atomic E-state index is 11.0. The van der Waals surface area contributed by atoms with E-state index in [1.54, 1.807) is 23.5 Å². The molecule has 0 saturated heterocycles. The second kappa shape index (κ2) is 7.08. The summed E-state index contributed by atoms with van der Waals surface area (Å²) >= 11 is 1.68. The first kappa shape index (κ1) is 15.3. The fraction of sp³-hybridized carbons (Fsp3) is 0.333. The molecule has 112 valence electrons. The standard InChI is InChI=1S/C15H19N3O2S/c1-3-16-13-7-14(9-15(8-13)18(19)20)17-11(2)6-12-4-5-21-10-12/h4-5,7-11,16-17H,3,6H2,1-2H3. The minimum absolute atomic E-state index is 0.0960. The van der Waals surface area contributed by atoms with Gasteiger partial charge in [-0.2, -0.15) is 11.3 Å². The Labute approximate surface area is 128 Å². The summed E-state index contributed by atoms with van der Waals surface area (Å²) in [5.74, 6) is 0. The maximum atomic E-state index is 11.0. The van der Waals surface area contributed by atoms with E-state index in [4.69, 9.17) is 0 Å². The van der Waals surface area contributed by atoms with Crippen molar-refractivity contribution in [1.82, 2.24) is 0 Å². The number of non-ortho nitro benzene ring substituents is 1. The summed E-state index contributed by atoms with van der Waals surface area (Å²) in [6.45, 7) is 4.76. The van der Waals surface area contributed by atoms with Gasteiger partial charge in [0.15, 0.2) is 0 Å². The van der Waals surface area contributed by atoms with Crippen LogP contribution in [0.3, 0.4) is 0 Å². The molecule has 0 spiro atoms. The number of nitro benzene ring substituents is 1. The second-order valence-electron chi connectivity index (χ2n) is 4.94. The van der Waals surface area contributed by atoms with Crippen LogP contribution in [0.25, 0.3) is 0 Å². The molecular weight excluding hydrogens is 286 g/mol. The summed E-state index contributed by atoms with van der Waals surface area (Å²) in [6.07, 6.45) is 0.892. The van der Waals surface area contributed by atoms with E-state index in [-0.39, 0.29) is 16.7 Å². The lowest BCUT2D eigenvalue weighted by Crippen LogP contribution is -2.18. The van der Waals surface area contributed by atoms with Gasteiger partial charge in [-0.3, -0.25) is 10.1 Å². The number of hydrogen-bond donors (Lipinski definition) is 2. The number of benzene rings is 1. The third-order valence-corrected chi connectivity index (χ3v) is 3.78. The van der Waals surface area contributed by atoms with Crippen LogP contribution in [0.4, 0.5) is 17.1 Å². The Balaban J connectivity index is 2.12. The van der Waals surface area contributed by atoms with Crippen molar-refractivity contribution in [3.8, 4) is 0 Å². The minimum atomic E-state index is -0.366. The molecule has 21 heavy (non-hydrogen) atoms. The average molecular weight is 305 g/mol. The molecule has 0 amide bonds. The predicted molar refractivity (Wildman–Crippen MR) is 88.4 cm³/mol. The lowest BCUT2D eigenvalue weighted by Gasteiger charge is -2.15. The number of nitrogens with zero attached hydrogens (tertiary/aromatic N) is 1. The summed E-state index contributed by atoms with van der Waals surface area (Å²) in [6, 6.07) is 7.33. The van der Waals surface area contributed by atoms with Gasteiger partial charge in [-0.25, -0.2) is 0 Å². The molecule has 2 aromatic rings. The smallest absolute Gasteiger partial charge is 0.273 e. The highest BCUT2D eigenvalue weighted by Crippen LogP contribution is 2.25. The first-order valence-electron chi connectivity index (χ1n) is 6.89. The SMILES string of the molecule is CCNc1cc(NC(C)Cc2ccsc2)cc([N+](=O)[O-])c1. The molecule has 1 atom stereocenters. The molecular formula is C15H19N3O2S. The molecule has 0 aliphatic carbocycles. The first-order valence-corrected chi connectivity index (χ1v) is 7.83. The largest absolute Gasteiger partial charge is 0.385 e. The molecule has 2 rings (SSSR count). The van der Waals surface area contributed by atoms with Crippen LogP contribution in [0.5, 0.6) is 0 Å². The van der Waals surface area contributed by atoms with Gasteiger partial charge in [-0.05, 0) is 48.7 Å². The maximum Gasteiger partial charge on any atom is 0.273 e. The molecule has 5 nitrogen and oxygen atoms in total. The summed E-state index contributed by atoms with van der Waals surface area (Å²) in [7, 11) is 0. The highest BCUT2D eigenvalue weighted by molar-refractivity contribution is 7.07. The molecule has 0 aliphatic heterocycles. The van der Waals surface area contributed by atoms with E-state index in [0.717, 1.165) is 24.3 Å². The molecule has 6 heteroatoms. The van der Waals surface area contributed by atoms with E-state index in [2.05, 4.69) is 34.4 Å². The molecule has 0 saturated carbocycles. The average Bonchev–Trinajstić information content (AvgIpc) is 2.91. The minimum Gasteiger partial charge on any atom is -0.385 e. The van der Waals surface area contributed by atoms with Gasteiger partial charge >= 0.3 is 0 Å². The van der Waals surface area contributed by atoms with Gasteiger partial charge in [-0.1, -0.05) is 0 Å². The Kier molecular flexibility index (Phi) is 5.16. The Hall–Kier alpha value is -2.08. The lowest BCUT2D eigenvalue weighted by molar-refractivity contribution is -0.384. The van der Waals surface area contributed by atoms with E-state index < -0.39 is 0 Å². The number of nitrogens with one attached hydrogen (secondary N) is 2. The highest BCUT2D eigenvalue weighted by atomic mass is 32.1. The van der Waals surface area contributed by atoms with Crippen LogP contribution < -0.4 is 10.6 Å². The van der Waals surface area contributed by atoms with Gasteiger partial charge in [0.25, 0.3) is 5.69 Å². The third-order valence-electron chi connectivity index (χ3n) is 3.04. The molecule has 0 aliphatic rings. The van der Waals surface area contributed by atoms with Gasteiger partial charge in [0.1, 0.15) is 0 Å². The Bertz CT molecular complexity index is 599. The molecule has 1 heterocycles. The van der Waals surface area contributed by atoms with E-state index >= 15 is 0 Å². The van der Waals surface area contributed by atoms with Crippen LogP contribution in [-0.2, 0) is 6.42 Å². The lowest BCUT2D eigenvalue weighted by atomic mass is 10.1. The number of thiophene rings is 1. The van der Waals surface area contributed by atoms with E-state index in [9.17, 15) is 10.1 Å². The van der Waals surface area contributed by atoms with Crippen LogP contribution >= 0.6 is 11.3 Å². The molecule has 1 unspecified atom stereocenters. The van der Waals surface area contributed by atoms with Crippen LogP contribution in [-0.4, -0.2) is 17.5 Å². The van der Waals surface area contributed by atoms with Gasteiger partial charge < -0.3 is 10.6 Å². The number of hydrogen-bond acceptors (Lipinski definition) is 5. The molecule has 0 bridgehead atoms. The Morgan fingerprint density at radius 2 is 2.10 bits per heavy atom. The molecule has 1 aromatic heterocycles. The fourth-order valence-corrected chi connectivity index (χ4v) is 2.89. The quantitative estimate of drug-likeness (QED) is 0.596.